The lowest BCUT2D eigenvalue weighted by atomic mass is 10.1. The first kappa shape index (κ1) is 15.3. The van der Waals surface area contributed by atoms with Gasteiger partial charge >= 0.3 is 0 Å². The summed E-state index contributed by atoms with van der Waals surface area (Å²) in [5.41, 5.74) is 1.33. The highest BCUT2D eigenvalue weighted by atomic mass is 35.5. The van der Waals surface area contributed by atoms with Gasteiger partial charge in [-0.25, -0.2) is 8.78 Å². The zero-order valence-electron chi connectivity index (χ0n) is 11.4. The van der Waals surface area contributed by atoms with E-state index >= 15 is 0 Å². The largest absolute Gasteiger partial charge is 0.322 e. The molecule has 2 aromatic rings. The highest BCUT2D eigenvalue weighted by Gasteiger charge is 2.32. The molecule has 2 nitrogen and oxygen atoms in total. The lowest BCUT2D eigenvalue weighted by Crippen LogP contribution is -2.27. The monoisotopic (exact) mass is 339 g/mol. The Bertz CT molecular complexity index is 705. The molecule has 1 atom stereocenters. The number of rotatable bonds is 3. The molecule has 22 heavy (non-hydrogen) atoms. The van der Waals surface area contributed by atoms with E-state index in [4.69, 9.17) is 11.6 Å². The van der Waals surface area contributed by atoms with Crippen molar-refractivity contribution in [2.45, 2.75) is 11.9 Å². The van der Waals surface area contributed by atoms with E-state index < -0.39 is 11.6 Å². The molecule has 1 amide bonds. The minimum absolute atomic E-state index is 0.0559. The van der Waals surface area contributed by atoms with Crippen LogP contribution in [0.2, 0.25) is 5.02 Å². The first-order valence-electron chi connectivity index (χ1n) is 6.64. The maximum absolute atomic E-state index is 13.3. The van der Waals surface area contributed by atoms with Gasteiger partial charge in [-0.3, -0.25) is 4.79 Å². The van der Waals surface area contributed by atoms with Gasteiger partial charge in [0.1, 0.15) is 17.0 Å². The van der Waals surface area contributed by atoms with Gasteiger partial charge < -0.3 is 4.90 Å². The number of benzene rings is 2. The van der Waals surface area contributed by atoms with Crippen molar-refractivity contribution in [3.8, 4) is 0 Å². The van der Waals surface area contributed by atoms with Gasteiger partial charge in [0.15, 0.2) is 0 Å². The molecule has 1 aliphatic heterocycles. The predicted molar refractivity (Wildman–Crippen MR) is 83.6 cm³/mol. The van der Waals surface area contributed by atoms with Crippen LogP contribution in [-0.2, 0) is 11.3 Å². The standard InChI is InChI=1S/C16H12ClF2NOS/c17-12-3-1-2-11(6-12)16-20(15(21)9-22-16)8-10-4-13(18)7-14(19)5-10/h1-7,16H,8-9H2. The SMILES string of the molecule is O=C1CSC(c2cccc(Cl)c2)N1Cc1cc(F)cc(F)c1. The van der Waals surface area contributed by atoms with Crippen LogP contribution in [0.25, 0.3) is 0 Å². The molecular formula is C16H12ClF2NOS. The average molecular weight is 340 g/mol. The van der Waals surface area contributed by atoms with Gasteiger partial charge in [-0.05, 0) is 35.4 Å². The number of hydrogen-bond donors (Lipinski definition) is 0. The fourth-order valence-corrected chi connectivity index (χ4v) is 3.84. The van der Waals surface area contributed by atoms with Crippen LogP contribution in [0.5, 0.6) is 0 Å². The van der Waals surface area contributed by atoms with Crippen molar-refractivity contribution in [1.82, 2.24) is 4.90 Å². The van der Waals surface area contributed by atoms with E-state index in [-0.39, 0.29) is 17.8 Å². The smallest absolute Gasteiger partial charge is 0.234 e. The normalized spacial score (nSPS) is 18.0. The molecule has 2 aromatic carbocycles. The Morgan fingerprint density at radius 3 is 2.59 bits per heavy atom. The third-order valence-corrected chi connectivity index (χ3v) is 4.87. The number of carbonyl (C=O) groups excluding carboxylic acids is 1. The van der Waals surface area contributed by atoms with Crippen LogP contribution < -0.4 is 0 Å². The summed E-state index contributed by atoms with van der Waals surface area (Å²) in [5.74, 6) is -1.00. The summed E-state index contributed by atoms with van der Waals surface area (Å²) in [7, 11) is 0. The quantitative estimate of drug-likeness (QED) is 0.826. The van der Waals surface area contributed by atoms with Gasteiger partial charge in [0, 0.05) is 17.6 Å². The summed E-state index contributed by atoms with van der Waals surface area (Å²) in [4.78, 5) is 13.7. The second-order valence-electron chi connectivity index (χ2n) is 5.02. The Labute approximate surface area is 136 Å². The van der Waals surface area contributed by atoms with E-state index in [1.54, 1.807) is 17.0 Å². The lowest BCUT2D eigenvalue weighted by molar-refractivity contribution is -0.128. The molecule has 114 valence electrons. The number of thioether (sulfide) groups is 1. The molecule has 1 unspecified atom stereocenters. The van der Waals surface area contributed by atoms with E-state index in [2.05, 4.69) is 0 Å². The van der Waals surface area contributed by atoms with Crippen LogP contribution in [0.1, 0.15) is 16.5 Å². The lowest BCUT2D eigenvalue weighted by Gasteiger charge is -2.24. The Morgan fingerprint density at radius 1 is 1.18 bits per heavy atom. The summed E-state index contributed by atoms with van der Waals surface area (Å²) >= 11 is 7.48. The fourth-order valence-electron chi connectivity index (χ4n) is 2.46. The summed E-state index contributed by atoms with van der Waals surface area (Å²) in [6.07, 6.45) is 0. The molecular weight excluding hydrogens is 328 g/mol. The molecule has 0 spiro atoms. The summed E-state index contributed by atoms with van der Waals surface area (Å²) in [6.45, 7) is 0.164. The van der Waals surface area contributed by atoms with Crippen LogP contribution in [-0.4, -0.2) is 16.6 Å². The van der Waals surface area contributed by atoms with Crippen molar-refractivity contribution in [3.63, 3.8) is 0 Å². The highest BCUT2D eigenvalue weighted by molar-refractivity contribution is 8.00. The molecule has 6 heteroatoms. The zero-order valence-corrected chi connectivity index (χ0v) is 13.0. The van der Waals surface area contributed by atoms with E-state index in [1.165, 1.54) is 23.9 Å². The van der Waals surface area contributed by atoms with Gasteiger partial charge in [0.25, 0.3) is 0 Å². The Morgan fingerprint density at radius 2 is 1.91 bits per heavy atom. The Kier molecular flexibility index (Phi) is 4.36. The van der Waals surface area contributed by atoms with Crippen molar-refractivity contribution in [2.75, 3.05) is 5.75 Å². The average Bonchev–Trinajstić information content (AvgIpc) is 2.79. The number of amides is 1. The maximum atomic E-state index is 13.3. The minimum Gasteiger partial charge on any atom is -0.322 e. The van der Waals surface area contributed by atoms with Crippen LogP contribution in [0, 0.1) is 11.6 Å². The number of nitrogens with zero attached hydrogens (tertiary/aromatic N) is 1. The topological polar surface area (TPSA) is 20.3 Å². The molecule has 0 saturated carbocycles. The van der Waals surface area contributed by atoms with Crippen molar-refractivity contribution >= 4 is 29.3 Å². The molecule has 1 saturated heterocycles. The molecule has 0 N–H and O–H groups in total. The second kappa shape index (κ2) is 6.26. The number of carbonyl (C=O) groups is 1. The van der Waals surface area contributed by atoms with Gasteiger partial charge in [-0.15, -0.1) is 11.8 Å². The van der Waals surface area contributed by atoms with Crippen LogP contribution >= 0.6 is 23.4 Å². The van der Waals surface area contributed by atoms with Crippen molar-refractivity contribution in [2.24, 2.45) is 0 Å². The molecule has 0 aliphatic carbocycles. The molecule has 0 radical (unpaired) electrons. The van der Waals surface area contributed by atoms with E-state index in [1.807, 2.05) is 12.1 Å². The number of hydrogen-bond acceptors (Lipinski definition) is 2. The minimum atomic E-state index is -0.645. The molecule has 0 aromatic heterocycles. The number of halogens is 3. The van der Waals surface area contributed by atoms with Crippen molar-refractivity contribution in [3.05, 3.63) is 70.2 Å². The molecule has 3 rings (SSSR count). The summed E-state index contributed by atoms with van der Waals surface area (Å²) in [5, 5.41) is 0.395. The third-order valence-electron chi connectivity index (χ3n) is 3.38. The van der Waals surface area contributed by atoms with Gasteiger partial charge in [0.05, 0.1) is 5.75 Å². The van der Waals surface area contributed by atoms with Crippen molar-refractivity contribution < 1.29 is 13.6 Å². The molecule has 1 fully saturated rings. The Balaban J connectivity index is 1.88. The molecule has 1 aliphatic rings. The van der Waals surface area contributed by atoms with E-state index in [0.717, 1.165) is 11.6 Å². The van der Waals surface area contributed by atoms with Crippen LogP contribution in [0.15, 0.2) is 42.5 Å². The summed E-state index contributed by atoms with van der Waals surface area (Å²) < 4.78 is 26.6. The summed E-state index contributed by atoms with van der Waals surface area (Å²) in [6, 6.07) is 10.6. The van der Waals surface area contributed by atoms with Crippen LogP contribution in [0.3, 0.4) is 0 Å². The highest BCUT2D eigenvalue weighted by Crippen LogP contribution is 2.40. The fraction of sp³-hybridized carbons (Fsp3) is 0.188. The molecule has 0 bridgehead atoms. The zero-order chi connectivity index (χ0) is 15.7. The van der Waals surface area contributed by atoms with Gasteiger partial charge in [-0.1, -0.05) is 23.7 Å². The third kappa shape index (κ3) is 3.25. The van der Waals surface area contributed by atoms with E-state index in [9.17, 15) is 13.6 Å². The Hall–Kier alpha value is -1.59. The van der Waals surface area contributed by atoms with Gasteiger partial charge in [0.2, 0.25) is 5.91 Å². The van der Waals surface area contributed by atoms with Crippen molar-refractivity contribution in [1.29, 1.82) is 0 Å². The predicted octanol–water partition coefficient (Wildman–Crippen LogP) is 4.39. The first-order chi connectivity index (χ1) is 10.5. The first-order valence-corrected chi connectivity index (χ1v) is 8.07. The maximum Gasteiger partial charge on any atom is 0.234 e. The second-order valence-corrected chi connectivity index (χ2v) is 6.52. The van der Waals surface area contributed by atoms with E-state index in [0.29, 0.717) is 16.3 Å². The van der Waals surface area contributed by atoms with Gasteiger partial charge in [-0.2, -0.15) is 0 Å². The molecule has 1 heterocycles. The van der Waals surface area contributed by atoms with Crippen LogP contribution in [0.4, 0.5) is 8.78 Å².